The predicted molar refractivity (Wildman–Crippen MR) is 108 cm³/mol. The van der Waals surface area contributed by atoms with Gasteiger partial charge in [-0.2, -0.15) is 0 Å². The van der Waals surface area contributed by atoms with E-state index in [0.717, 1.165) is 37.1 Å². The van der Waals surface area contributed by atoms with Gasteiger partial charge in [0, 0.05) is 36.1 Å². The number of hydrogen-bond acceptors (Lipinski definition) is 4. The van der Waals surface area contributed by atoms with E-state index in [-0.39, 0.29) is 0 Å². The Kier molecular flexibility index (Phi) is 6.89. The molecule has 0 spiro atoms. The van der Waals surface area contributed by atoms with Crippen molar-refractivity contribution in [2.75, 3.05) is 19.7 Å². The van der Waals surface area contributed by atoms with Crippen LogP contribution in [0.25, 0.3) is 0 Å². The molecular weight excluding hydrogens is 344 g/mol. The maximum atomic E-state index is 5.76. The summed E-state index contributed by atoms with van der Waals surface area (Å²) in [5.74, 6) is 2.73. The van der Waals surface area contributed by atoms with E-state index in [4.69, 9.17) is 9.73 Å². The third kappa shape index (κ3) is 6.02. The fraction of sp³-hybridized carbons (Fsp3) is 0.500. The van der Waals surface area contributed by atoms with Crippen LogP contribution in [0.3, 0.4) is 0 Å². The normalized spacial score (nSPS) is 15.5. The van der Waals surface area contributed by atoms with Gasteiger partial charge in [0.1, 0.15) is 0 Å². The van der Waals surface area contributed by atoms with Crippen molar-refractivity contribution in [3.8, 4) is 5.88 Å². The number of guanidine groups is 1. The lowest BCUT2D eigenvalue weighted by atomic mass is 10.1. The van der Waals surface area contributed by atoms with E-state index in [1.54, 1.807) is 17.5 Å². The molecule has 3 rings (SSSR count). The molecule has 6 heteroatoms. The van der Waals surface area contributed by atoms with Crippen LogP contribution in [0.1, 0.15) is 43.0 Å². The number of ether oxygens (including phenoxy) is 1. The van der Waals surface area contributed by atoms with Crippen LogP contribution in [0.2, 0.25) is 0 Å². The third-order valence-electron chi connectivity index (χ3n) is 4.33. The molecule has 0 bridgehead atoms. The summed E-state index contributed by atoms with van der Waals surface area (Å²) in [6, 6.07) is 8.26. The molecule has 2 aromatic heterocycles. The number of thiophene rings is 1. The van der Waals surface area contributed by atoms with Gasteiger partial charge in [0.15, 0.2) is 5.96 Å². The van der Waals surface area contributed by atoms with Gasteiger partial charge in [-0.05, 0) is 48.8 Å². The zero-order valence-corrected chi connectivity index (χ0v) is 16.4. The number of rotatable bonds is 9. The maximum absolute atomic E-state index is 5.76. The second-order valence-electron chi connectivity index (χ2n) is 6.75. The molecule has 1 fully saturated rings. The first kappa shape index (κ1) is 18.7. The minimum Gasteiger partial charge on any atom is -0.477 e. The fourth-order valence-corrected chi connectivity index (χ4v) is 3.34. The van der Waals surface area contributed by atoms with Crippen molar-refractivity contribution in [2.24, 2.45) is 10.9 Å². The van der Waals surface area contributed by atoms with Crippen molar-refractivity contribution < 1.29 is 4.74 Å². The second-order valence-corrected chi connectivity index (χ2v) is 7.73. The summed E-state index contributed by atoms with van der Waals surface area (Å²) in [4.78, 5) is 10.4. The van der Waals surface area contributed by atoms with Crippen LogP contribution in [-0.2, 0) is 6.54 Å². The van der Waals surface area contributed by atoms with Crippen molar-refractivity contribution in [1.29, 1.82) is 0 Å². The van der Waals surface area contributed by atoms with Gasteiger partial charge in [0.05, 0.1) is 13.2 Å². The highest BCUT2D eigenvalue weighted by atomic mass is 32.1. The summed E-state index contributed by atoms with van der Waals surface area (Å²) >= 11 is 1.80. The summed E-state index contributed by atoms with van der Waals surface area (Å²) in [6.07, 6.45) is 4.36. The number of pyridine rings is 1. The average Bonchev–Trinajstić information content (AvgIpc) is 3.33. The molecule has 0 aliphatic heterocycles. The number of aliphatic imine (C=N–C) groups is 1. The van der Waals surface area contributed by atoms with E-state index in [0.29, 0.717) is 18.3 Å². The Labute approximate surface area is 159 Å². The summed E-state index contributed by atoms with van der Waals surface area (Å²) < 4.78 is 5.76. The number of aromatic nitrogens is 1. The van der Waals surface area contributed by atoms with Crippen LogP contribution < -0.4 is 15.4 Å². The van der Waals surface area contributed by atoms with Crippen molar-refractivity contribution in [2.45, 2.75) is 39.2 Å². The molecule has 1 saturated carbocycles. The third-order valence-corrected chi connectivity index (χ3v) is 5.44. The van der Waals surface area contributed by atoms with Crippen molar-refractivity contribution >= 4 is 17.3 Å². The molecule has 1 aliphatic rings. The van der Waals surface area contributed by atoms with E-state index in [2.05, 4.69) is 47.0 Å². The Morgan fingerprint density at radius 3 is 3.00 bits per heavy atom. The van der Waals surface area contributed by atoms with Crippen LogP contribution >= 0.6 is 11.3 Å². The number of nitrogens with one attached hydrogen (secondary N) is 2. The lowest BCUT2D eigenvalue weighted by Crippen LogP contribution is -2.39. The first-order valence-electron chi connectivity index (χ1n) is 9.38. The molecule has 140 valence electrons. The molecule has 0 saturated heterocycles. The van der Waals surface area contributed by atoms with E-state index in [1.165, 1.54) is 17.7 Å². The molecule has 0 amide bonds. The smallest absolute Gasteiger partial charge is 0.213 e. The molecule has 2 heterocycles. The zero-order valence-electron chi connectivity index (χ0n) is 15.6. The molecule has 2 aromatic rings. The van der Waals surface area contributed by atoms with Crippen LogP contribution in [0, 0.1) is 5.92 Å². The standard InChI is InChI=1S/C20H28N4OS/c1-3-21-20(23-12-15(2)18-5-4-10-26-18)24-13-17-8-9-22-19(11-17)25-14-16-6-7-16/h4-5,8-11,15-16H,3,6-7,12-14H2,1-2H3,(H2,21,23,24). The Morgan fingerprint density at radius 1 is 1.38 bits per heavy atom. The average molecular weight is 373 g/mol. The largest absolute Gasteiger partial charge is 0.477 e. The molecule has 2 N–H and O–H groups in total. The molecule has 26 heavy (non-hydrogen) atoms. The lowest BCUT2D eigenvalue weighted by molar-refractivity contribution is 0.288. The number of hydrogen-bond donors (Lipinski definition) is 2. The molecule has 1 atom stereocenters. The first-order chi connectivity index (χ1) is 12.7. The minimum atomic E-state index is 0.460. The number of nitrogens with zero attached hydrogens (tertiary/aromatic N) is 2. The molecule has 5 nitrogen and oxygen atoms in total. The lowest BCUT2D eigenvalue weighted by Gasteiger charge is -2.15. The monoisotopic (exact) mass is 372 g/mol. The molecular formula is C20H28N4OS. The highest BCUT2D eigenvalue weighted by molar-refractivity contribution is 7.10. The van der Waals surface area contributed by atoms with Crippen LogP contribution in [0.5, 0.6) is 5.88 Å². The molecule has 0 aromatic carbocycles. The summed E-state index contributed by atoms with van der Waals surface area (Å²) in [7, 11) is 0. The van der Waals surface area contributed by atoms with Gasteiger partial charge in [0.2, 0.25) is 5.88 Å². The van der Waals surface area contributed by atoms with Gasteiger partial charge in [-0.15, -0.1) is 11.3 Å². The van der Waals surface area contributed by atoms with Crippen LogP contribution in [0.15, 0.2) is 40.8 Å². The van der Waals surface area contributed by atoms with Crippen molar-refractivity contribution in [3.05, 3.63) is 46.3 Å². The first-order valence-corrected chi connectivity index (χ1v) is 10.3. The topological polar surface area (TPSA) is 58.5 Å². The maximum Gasteiger partial charge on any atom is 0.213 e. The summed E-state index contributed by atoms with van der Waals surface area (Å²) in [6.45, 7) is 7.39. The van der Waals surface area contributed by atoms with Gasteiger partial charge >= 0.3 is 0 Å². The minimum absolute atomic E-state index is 0.460. The molecule has 1 unspecified atom stereocenters. The van der Waals surface area contributed by atoms with Crippen LogP contribution in [0.4, 0.5) is 0 Å². The van der Waals surface area contributed by atoms with E-state index < -0.39 is 0 Å². The quantitative estimate of drug-likeness (QED) is 0.519. The highest BCUT2D eigenvalue weighted by Gasteiger charge is 2.22. The SMILES string of the molecule is CCNC(=NCc1ccnc(OCC2CC2)c1)NCC(C)c1cccs1. The van der Waals surface area contributed by atoms with Crippen molar-refractivity contribution in [3.63, 3.8) is 0 Å². The highest BCUT2D eigenvalue weighted by Crippen LogP contribution is 2.29. The van der Waals surface area contributed by atoms with Gasteiger partial charge in [-0.1, -0.05) is 13.0 Å². The Hall–Kier alpha value is -2.08. The predicted octanol–water partition coefficient (Wildman–Crippen LogP) is 3.79. The van der Waals surface area contributed by atoms with E-state index in [9.17, 15) is 0 Å². The summed E-state index contributed by atoms with van der Waals surface area (Å²) in [5, 5.41) is 8.87. The Balaban J connectivity index is 1.53. The van der Waals surface area contributed by atoms with Gasteiger partial charge < -0.3 is 15.4 Å². The van der Waals surface area contributed by atoms with Gasteiger partial charge in [0.25, 0.3) is 0 Å². The van der Waals surface area contributed by atoms with Gasteiger partial charge in [-0.3, -0.25) is 0 Å². The summed E-state index contributed by atoms with van der Waals surface area (Å²) in [5.41, 5.74) is 1.11. The Morgan fingerprint density at radius 2 is 2.27 bits per heavy atom. The zero-order chi connectivity index (χ0) is 18.2. The van der Waals surface area contributed by atoms with E-state index in [1.807, 2.05) is 12.1 Å². The Bertz CT molecular complexity index is 698. The fourth-order valence-electron chi connectivity index (χ4n) is 2.55. The van der Waals surface area contributed by atoms with Crippen LogP contribution in [-0.4, -0.2) is 30.6 Å². The molecule has 0 radical (unpaired) electrons. The van der Waals surface area contributed by atoms with Crippen molar-refractivity contribution in [1.82, 2.24) is 15.6 Å². The van der Waals surface area contributed by atoms with Gasteiger partial charge in [-0.25, -0.2) is 9.98 Å². The molecule has 1 aliphatic carbocycles. The van der Waals surface area contributed by atoms with E-state index >= 15 is 0 Å². The second kappa shape index (κ2) is 9.57.